The number of hydrogen-bond donors (Lipinski definition) is 0. The van der Waals surface area contributed by atoms with Crippen LogP contribution in [0.4, 0.5) is 0 Å². The Bertz CT molecular complexity index is 678. The quantitative estimate of drug-likeness (QED) is 0.286. The molecule has 0 amide bonds. The lowest BCUT2D eigenvalue weighted by Crippen LogP contribution is -1.85. The highest BCUT2D eigenvalue weighted by Gasteiger charge is 1.95. The molecule has 0 saturated carbocycles. The maximum Gasteiger partial charge on any atom is -0.0219 e. The van der Waals surface area contributed by atoms with E-state index in [2.05, 4.69) is 118 Å². The summed E-state index contributed by atoms with van der Waals surface area (Å²) in [5, 5.41) is 0. The fourth-order valence-electron chi connectivity index (χ4n) is 2.02. The van der Waals surface area contributed by atoms with Gasteiger partial charge in [0.1, 0.15) is 0 Å². The molecule has 1 aromatic rings. The summed E-state index contributed by atoms with van der Waals surface area (Å²) in [7, 11) is 0. The Kier molecular flexibility index (Phi) is 33.6. The number of rotatable bonds is 6. The smallest absolute Gasteiger partial charge is 0.0219 e. The number of benzene rings is 1. The lowest BCUT2D eigenvalue weighted by Gasteiger charge is -2.03. The van der Waals surface area contributed by atoms with Crippen molar-refractivity contribution in [3.05, 3.63) is 95.1 Å². The molecular formula is C34H62. The van der Waals surface area contributed by atoms with Gasteiger partial charge in [-0.05, 0) is 77.0 Å². The Hall–Kier alpha value is -2.08. The fourth-order valence-corrected chi connectivity index (χ4v) is 2.02. The third kappa shape index (κ3) is 29.9. The Labute approximate surface area is 217 Å². The normalized spacial score (nSPS) is 10.1. The molecule has 0 N–H and O–H groups in total. The van der Waals surface area contributed by atoms with Crippen LogP contribution in [0, 0.1) is 12.8 Å². The maximum atomic E-state index is 3.77. The van der Waals surface area contributed by atoms with Crippen molar-refractivity contribution in [1.29, 1.82) is 0 Å². The predicted molar refractivity (Wildman–Crippen MR) is 166 cm³/mol. The van der Waals surface area contributed by atoms with Crippen LogP contribution >= 0.6 is 0 Å². The molecule has 0 fully saturated rings. The van der Waals surface area contributed by atoms with Gasteiger partial charge in [0.05, 0.1) is 0 Å². The molecule has 0 heterocycles. The molecule has 0 heteroatoms. The van der Waals surface area contributed by atoms with E-state index in [0.717, 1.165) is 5.92 Å². The van der Waals surface area contributed by atoms with Crippen molar-refractivity contribution in [3.8, 4) is 0 Å². The Morgan fingerprint density at radius 3 is 1.50 bits per heavy atom. The van der Waals surface area contributed by atoms with Gasteiger partial charge in [0.15, 0.2) is 0 Å². The van der Waals surface area contributed by atoms with Gasteiger partial charge in [0, 0.05) is 0 Å². The summed E-state index contributed by atoms with van der Waals surface area (Å²) in [5.74, 6) is 1.59. The molecular weight excluding hydrogens is 408 g/mol. The molecule has 1 aromatic carbocycles. The van der Waals surface area contributed by atoms with Crippen molar-refractivity contribution in [2.24, 2.45) is 5.92 Å². The average Bonchev–Trinajstić information content (AvgIpc) is 2.74. The van der Waals surface area contributed by atoms with Gasteiger partial charge in [0.2, 0.25) is 0 Å². The van der Waals surface area contributed by atoms with Gasteiger partial charge < -0.3 is 0 Å². The van der Waals surface area contributed by atoms with Gasteiger partial charge in [-0.3, -0.25) is 0 Å². The molecule has 0 bridgehead atoms. The third-order valence-electron chi connectivity index (χ3n) is 4.84. The number of aryl methyl sites for hydroxylation is 1. The van der Waals surface area contributed by atoms with E-state index in [1.54, 1.807) is 0 Å². The van der Waals surface area contributed by atoms with E-state index in [1.165, 1.54) is 46.3 Å². The lowest BCUT2D eigenvalue weighted by atomic mass is 10.0. The van der Waals surface area contributed by atoms with Crippen molar-refractivity contribution in [3.63, 3.8) is 0 Å². The Morgan fingerprint density at radius 2 is 1.26 bits per heavy atom. The van der Waals surface area contributed by atoms with Crippen LogP contribution in [0.2, 0.25) is 0 Å². The van der Waals surface area contributed by atoms with Gasteiger partial charge in [-0.25, -0.2) is 0 Å². The van der Waals surface area contributed by atoms with Crippen molar-refractivity contribution in [1.82, 2.24) is 0 Å². The van der Waals surface area contributed by atoms with Crippen molar-refractivity contribution >= 4 is 0 Å². The standard InChI is InChI=1S/C12H18.C10H14.C6H14.C4H8.2CH4/c1-6-11(5)12(7-2)9-8-10(3)4;1-8(2)10-6-4-9(3)5-7-10;1-4-6(3)5-2;1-4(2)3;;/h6-9H,2H2,1,3-5H3;4-8H,1-3H3;6H,4-5H2,1-3H3;1H2,2-3H3;2*1H4/b11-6+,12-9+;;;;;. The number of allylic oxidation sites excluding steroid dienone is 8. The molecule has 1 rings (SSSR count). The van der Waals surface area contributed by atoms with Gasteiger partial charge in [0.25, 0.3) is 0 Å². The first kappa shape index (κ1) is 42.1. The summed E-state index contributed by atoms with van der Waals surface area (Å²) in [6, 6.07) is 8.71. The predicted octanol–water partition coefficient (Wildman–Crippen LogP) is 12.4. The van der Waals surface area contributed by atoms with Crippen LogP contribution in [0.3, 0.4) is 0 Å². The molecule has 0 nitrogen and oxygen atoms in total. The minimum atomic E-state index is 0. The molecule has 0 aromatic heterocycles. The van der Waals surface area contributed by atoms with Crippen LogP contribution in [-0.4, -0.2) is 0 Å². The molecule has 0 atom stereocenters. The second-order valence-electron chi connectivity index (χ2n) is 9.24. The van der Waals surface area contributed by atoms with Crippen molar-refractivity contribution in [2.75, 3.05) is 0 Å². The van der Waals surface area contributed by atoms with E-state index >= 15 is 0 Å². The van der Waals surface area contributed by atoms with E-state index in [0.29, 0.717) is 5.92 Å². The van der Waals surface area contributed by atoms with Crippen LogP contribution in [-0.2, 0) is 0 Å². The topological polar surface area (TPSA) is 0 Å². The van der Waals surface area contributed by atoms with Crippen LogP contribution in [0.5, 0.6) is 0 Å². The lowest BCUT2D eigenvalue weighted by molar-refractivity contribution is 0.544. The molecule has 0 spiro atoms. The highest BCUT2D eigenvalue weighted by molar-refractivity contribution is 5.39. The second kappa shape index (κ2) is 27.2. The van der Waals surface area contributed by atoms with Crippen molar-refractivity contribution in [2.45, 2.75) is 117 Å². The molecule has 0 radical (unpaired) electrons. The molecule has 198 valence electrons. The molecule has 0 unspecified atom stereocenters. The highest BCUT2D eigenvalue weighted by Crippen LogP contribution is 2.13. The molecule has 34 heavy (non-hydrogen) atoms. The Balaban J connectivity index is -0.000000116. The summed E-state index contributed by atoms with van der Waals surface area (Å²) in [6.07, 6.45) is 10.8. The first-order chi connectivity index (χ1) is 14.9. The maximum absolute atomic E-state index is 3.77. The average molecular weight is 471 g/mol. The minimum Gasteiger partial charge on any atom is -0.100 e. The van der Waals surface area contributed by atoms with Crippen LogP contribution in [0.15, 0.2) is 84.0 Å². The van der Waals surface area contributed by atoms with E-state index in [4.69, 9.17) is 0 Å². The molecule has 0 aliphatic rings. The zero-order valence-electron chi connectivity index (χ0n) is 23.6. The van der Waals surface area contributed by atoms with Gasteiger partial charge in [-0.1, -0.05) is 134 Å². The van der Waals surface area contributed by atoms with E-state index in [-0.39, 0.29) is 14.9 Å². The fraction of sp³-hybridized carbons (Fsp3) is 0.529. The summed E-state index contributed by atoms with van der Waals surface area (Å²) in [5.41, 5.74) is 7.69. The molecule has 0 saturated heterocycles. The monoisotopic (exact) mass is 470 g/mol. The zero-order chi connectivity index (χ0) is 25.7. The van der Waals surface area contributed by atoms with E-state index in [1.807, 2.05) is 26.8 Å². The van der Waals surface area contributed by atoms with Crippen LogP contribution in [0.1, 0.15) is 121 Å². The van der Waals surface area contributed by atoms with Crippen LogP contribution < -0.4 is 0 Å². The summed E-state index contributed by atoms with van der Waals surface area (Å²) in [6.45, 7) is 32.8. The third-order valence-corrected chi connectivity index (χ3v) is 4.84. The zero-order valence-corrected chi connectivity index (χ0v) is 23.6. The highest BCUT2D eigenvalue weighted by atomic mass is 14.0. The first-order valence-electron chi connectivity index (χ1n) is 12.1. The Morgan fingerprint density at radius 1 is 0.853 bits per heavy atom. The summed E-state index contributed by atoms with van der Waals surface area (Å²) in [4.78, 5) is 0. The summed E-state index contributed by atoms with van der Waals surface area (Å²) < 4.78 is 0. The van der Waals surface area contributed by atoms with E-state index < -0.39 is 0 Å². The van der Waals surface area contributed by atoms with Crippen LogP contribution in [0.25, 0.3) is 0 Å². The van der Waals surface area contributed by atoms with Crippen molar-refractivity contribution < 1.29 is 0 Å². The summed E-state index contributed by atoms with van der Waals surface area (Å²) >= 11 is 0. The van der Waals surface area contributed by atoms with Gasteiger partial charge in [-0.2, -0.15) is 0 Å². The minimum absolute atomic E-state index is 0. The van der Waals surface area contributed by atoms with Gasteiger partial charge in [-0.15, -0.1) is 6.58 Å². The van der Waals surface area contributed by atoms with E-state index in [9.17, 15) is 0 Å². The first-order valence-corrected chi connectivity index (χ1v) is 12.1. The largest absolute Gasteiger partial charge is 0.100 e. The molecule has 0 aliphatic heterocycles. The second-order valence-corrected chi connectivity index (χ2v) is 9.24. The molecule has 0 aliphatic carbocycles. The number of hydrogen-bond acceptors (Lipinski definition) is 0. The van der Waals surface area contributed by atoms with Gasteiger partial charge >= 0.3 is 0 Å². The SMILES string of the molecule is C.C.C=C(C)C.C=CC(=C\C=C(C)C)/C(C)=C/C.CCC(C)CC.Cc1ccc(C(C)C)cc1.